The molecule has 2 atom stereocenters. The van der Waals surface area contributed by atoms with E-state index in [0.29, 0.717) is 11.1 Å². The lowest BCUT2D eigenvalue weighted by Crippen LogP contribution is -2.53. The molecule has 1 aromatic carbocycles. The van der Waals surface area contributed by atoms with Gasteiger partial charge in [-0.1, -0.05) is 30.3 Å². The molecule has 0 radical (unpaired) electrons. The summed E-state index contributed by atoms with van der Waals surface area (Å²) in [4.78, 5) is 21.9. The zero-order valence-corrected chi connectivity index (χ0v) is 15.8. The molecule has 0 fully saturated rings. The third-order valence-corrected chi connectivity index (χ3v) is 5.16. The largest absolute Gasteiger partial charge is 0.408 e. The van der Waals surface area contributed by atoms with Gasteiger partial charge in [0.1, 0.15) is 6.04 Å². The molecule has 0 saturated carbocycles. The standard InChI is InChI=1S/C21H19F3N4O2/c22-21(23,24)18-8-11-27-19(30)12-16(14-6-9-25-10-7-14)26-20(27)28(18)13-17(29)15-4-2-1-3-5-15/h1-7,9-10,12,17-18,29H,8,11,13H2/t17-,18?/m0/s1. The van der Waals surface area contributed by atoms with Gasteiger partial charge >= 0.3 is 6.18 Å². The van der Waals surface area contributed by atoms with Crippen LogP contribution in [0.2, 0.25) is 0 Å². The van der Waals surface area contributed by atoms with E-state index < -0.39 is 23.9 Å². The number of alkyl halides is 3. The Labute approximate surface area is 170 Å². The predicted octanol–water partition coefficient (Wildman–Crippen LogP) is 3.18. The number of aliphatic hydroxyl groups excluding tert-OH is 1. The van der Waals surface area contributed by atoms with Crippen molar-refractivity contribution in [1.82, 2.24) is 14.5 Å². The highest BCUT2D eigenvalue weighted by molar-refractivity contribution is 5.60. The summed E-state index contributed by atoms with van der Waals surface area (Å²) in [7, 11) is 0. The molecular weight excluding hydrogens is 397 g/mol. The van der Waals surface area contributed by atoms with E-state index in [1.54, 1.807) is 42.5 Å². The minimum absolute atomic E-state index is 0.0973. The predicted molar refractivity (Wildman–Crippen MR) is 105 cm³/mol. The van der Waals surface area contributed by atoms with Crippen LogP contribution in [0.1, 0.15) is 18.1 Å². The number of benzene rings is 1. The number of hydrogen-bond acceptors (Lipinski definition) is 5. The molecule has 0 spiro atoms. The Kier molecular flexibility index (Phi) is 5.29. The summed E-state index contributed by atoms with van der Waals surface area (Å²) in [5, 5.41) is 10.6. The molecule has 156 valence electrons. The third-order valence-electron chi connectivity index (χ3n) is 5.16. The Balaban J connectivity index is 1.79. The second-order valence-electron chi connectivity index (χ2n) is 7.09. The molecule has 1 N–H and O–H groups in total. The topological polar surface area (TPSA) is 71.2 Å². The highest BCUT2D eigenvalue weighted by atomic mass is 19.4. The molecule has 0 bridgehead atoms. The second-order valence-corrected chi connectivity index (χ2v) is 7.09. The molecule has 0 amide bonds. The van der Waals surface area contributed by atoms with Crippen LogP contribution in [-0.2, 0) is 6.54 Å². The van der Waals surface area contributed by atoms with Crippen LogP contribution >= 0.6 is 0 Å². The minimum Gasteiger partial charge on any atom is -0.387 e. The van der Waals surface area contributed by atoms with Crippen LogP contribution in [0.3, 0.4) is 0 Å². The lowest BCUT2D eigenvalue weighted by molar-refractivity contribution is -0.153. The van der Waals surface area contributed by atoms with E-state index in [2.05, 4.69) is 9.97 Å². The zero-order chi connectivity index (χ0) is 21.3. The summed E-state index contributed by atoms with van der Waals surface area (Å²) in [6.07, 6.45) is -2.98. The first-order chi connectivity index (χ1) is 14.3. The summed E-state index contributed by atoms with van der Waals surface area (Å²) in [6, 6.07) is 11.2. The van der Waals surface area contributed by atoms with Crippen LogP contribution in [0.4, 0.5) is 19.1 Å². The fourth-order valence-corrected chi connectivity index (χ4v) is 3.66. The summed E-state index contributed by atoms with van der Waals surface area (Å²) in [6.45, 7) is -0.444. The third kappa shape index (κ3) is 3.93. The first-order valence-corrected chi connectivity index (χ1v) is 9.43. The van der Waals surface area contributed by atoms with Gasteiger partial charge < -0.3 is 10.0 Å². The van der Waals surface area contributed by atoms with Crippen molar-refractivity contribution in [1.29, 1.82) is 0 Å². The van der Waals surface area contributed by atoms with E-state index in [1.165, 1.54) is 23.0 Å². The average Bonchev–Trinajstić information content (AvgIpc) is 2.74. The van der Waals surface area contributed by atoms with Gasteiger partial charge in [-0.25, -0.2) is 4.98 Å². The summed E-state index contributed by atoms with van der Waals surface area (Å²) in [5.74, 6) is -0.0992. The van der Waals surface area contributed by atoms with Crippen LogP contribution in [0.15, 0.2) is 65.7 Å². The zero-order valence-electron chi connectivity index (χ0n) is 15.8. The smallest absolute Gasteiger partial charge is 0.387 e. The number of nitrogens with zero attached hydrogens (tertiary/aromatic N) is 4. The first-order valence-electron chi connectivity index (χ1n) is 9.43. The van der Waals surface area contributed by atoms with E-state index in [1.807, 2.05) is 0 Å². The molecule has 6 nitrogen and oxygen atoms in total. The van der Waals surface area contributed by atoms with Crippen LogP contribution in [0, 0.1) is 0 Å². The lowest BCUT2D eigenvalue weighted by Gasteiger charge is -2.40. The van der Waals surface area contributed by atoms with Gasteiger partial charge in [0.05, 0.1) is 18.3 Å². The number of anilines is 1. The number of pyridine rings is 1. The fourth-order valence-electron chi connectivity index (χ4n) is 3.66. The van der Waals surface area contributed by atoms with Crippen LogP contribution < -0.4 is 10.5 Å². The maximum absolute atomic E-state index is 13.8. The van der Waals surface area contributed by atoms with Gasteiger partial charge in [0.25, 0.3) is 5.56 Å². The van der Waals surface area contributed by atoms with Gasteiger partial charge in [0, 0.05) is 30.6 Å². The molecule has 9 heteroatoms. The molecule has 3 heterocycles. The highest BCUT2D eigenvalue weighted by Crippen LogP contribution is 2.35. The van der Waals surface area contributed by atoms with Crippen LogP contribution in [0.5, 0.6) is 0 Å². The second kappa shape index (κ2) is 7.91. The van der Waals surface area contributed by atoms with Gasteiger partial charge in [-0.2, -0.15) is 13.2 Å². The van der Waals surface area contributed by atoms with E-state index in [9.17, 15) is 23.1 Å². The Morgan fingerprint density at radius 3 is 2.50 bits per heavy atom. The summed E-state index contributed by atoms with van der Waals surface area (Å²) < 4.78 is 42.7. The van der Waals surface area contributed by atoms with E-state index in [-0.39, 0.29) is 31.2 Å². The summed E-state index contributed by atoms with van der Waals surface area (Å²) >= 11 is 0. The number of aromatic nitrogens is 3. The van der Waals surface area contributed by atoms with Crippen molar-refractivity contribution in [2.45, 2.75) is 31.3 Å². The molecule has 0 aliphatic carbocycles. The Bertz CT molecular complexity index is 1070. The Morgan fingerprint density at radius 1 is 1.13 bits per heavy atom. The SMILES string of the molecule is O=c1cc(-c2ccncc2)nc2n1CCC(C(F)(F)F)N2C[C@H](O)c1ccccc1. The molecule has 2 aromatic heterocycles. The lowest BCUT2D eigenvalue weighted by atomic mass is 10.1. The number of fused-ring (bicyclic) bond motifs is 1. The first kappa shape index (κ1) is 20.1. The van der Waals surface area contributed by atoms with Gasteiger partial charge in [-0.3, -0.25) is 14.3 Å². The van der Waals surface area contributed by atoms with Crippen molar-refractivity contribution in [3.05, 3.63) is 76.8 Å². The van der Waals surface area contributed by atoms with Crippen molar-refractivity contribution in [2.24, 2.45) is 0 Å². The van der Waals surface area contributed by atoms with Crippen LogP contribution in [-0.4, -0.2) is 38.4 Å². The van der Waals surface area contributed by atoms with Crippen LogP contribution in [0.25, 0.3) is 11.3 Å². The Morgan fingerprint density at radius 2 is 1.83 bits per heavy atom. The average molecular weight is 416 g/mol. The van der Waals surface area contributed by atoms with Gasteiger partial charge in [-0.05, 0) is 24.1 Å². The normalized spacial score (nSPS) is 17.5. The number of rotatable bonds is 4. The maximum atomic E-state index is 13.8. The van der Waals surface area contributed by atoms with Crippen molar-refractivity contribution in [3.63, 3.8) is 0 Å². The minimum atomic E-state index is -4.54. The molecular formula is C21H19F3N4O2. The number of aliphatic hydroxyl groups is 1. The molecule has 4 rings (SSSR count). The highest BCUT2D eigenvalue weighted by Gasteiger charge is 2.47. The van der Waals surface area contributed by atoms with E-state index in [4.69, 9.17) is 0 Å². The maximum Gasteiger partial charge on any atom is 0.408 e. The molecule has 1 aliphatic heterocycles. The van der Waals surface area contributed by atoms with Crippen molar-refractivity contribution in [3.8, 4) is 11.3 Å². The van der Waals surface area contributed by atoms with Gasteiger partial charge in [0.15, 0.2) is 0 Å². The molecule has 1 aliphatic rings. The molecule has 1 unspecified atom stereocenters. The number of hydrogen-bond donors (Lipinski definition) is 1. The van der Waals surface area contributed by atoms with E-state index >= 15 is 0 Å². The fraction of sp³-hybridized carbons (Fsp3) is 0.286. The van der Waals surface area contributed by atoms with E-state index in [0.717, 1.165) is 4.90 Å². The van der Waals surface area contributed by atoms with Gasteiger partial charge in [-0.15, -0.1) is 0 Å². The Hall–Kier alpha value is -3.20. The van der Waals surface area contributed by atoms with Crippen molar-refractivity contribution >= 4 is 5.95 Å². The number of halogens is 3. The molecule has 3 aromatic rings. The number of β-amino-alcohol motifs (C(OH)–C–C–N with tert-alkyl or cyclic N) is 1. The molecule has 30 heavy (non-hydrogen) atoms. The van der Waals surface area contributed by atoms with Crippen molar-refractivity contribution in [2.75, 3.05) is 11.4 Å². The quantitative estimate of drug-likeness (QED) is 0.708. The van der Waals surface area contributed by atoms with Crippen molar-refractivity contribution < 1.29 is 18.3 Å². The monoisotopic (exact) mass is 416 g/mol. The van der Waals surface area contributed by atoms with Gasteiger partial charge in [0.2, 0.25) is 5.95 Å². The molecule has 0 saturated heterocycles. The summed E-state index contributed by atoms with van der Waals surface area (Å²) in [5.41, 5.74) is 0.883.